The molecule has 25 heavy (non-hydrogen) atoms. The number of imide groups is 1. The number of ether oxygens (including phenoxy) is 1. The Morgan fingerprint density at radius 1 is 1.20 bits per heavy atom. The van der Waals surface area contributed by atoms with Crippen LogP contribution in [0.3, 0.4) is 0 Å². The van der Waals surface area contributed by atoms with Crippen molar-refractivity contribution in [2.75, 3.05) is 13.2 Å². The van der Waals surface area contributed by atoms with Crippen LogP contribution in [0.2, 0.25) is 0 Å². The average molecular weight is 341 g/mol. The third-order valence-electron chi connectivity index (χ3n) is 4.76. The summed E-state index contributed by atoms with van der Waals surface area (Å²) in [5, 5.41) is 10.3. The van der Waals surface area contributed by atoms with Gasteiger partial charge in [-0.3, -0.25) is 14.5 Å². The second-order valence-corrected chi connectivity index (χ2v) is 6.51. The average Bonchev–Trinajstić information content (AvgIpc) is 2.87. The molecule has 0 radical (unpaired) electrons. The van der Waals surface area contributed by atoms with E-state index < -0.39 is 6.10 Å². The Bertz CT molecular complexity index is 671. The van der Waals surface area contributed by atoms with Crippen LogP contribution in [0.25, 0.3) is 0 Å². The number of β-amino-alcohol motifs (C(OH)–C–C–N with tert-alkyl or cyclic N) is 1. The summed E-state index contributed by atoms with van der Waals surface area (Å²) in [6.07, 6.45) is 6.65. The first-order chi connectivity index (χ1) is 12.1. The molecular formula is C20H23NO4. The van der Waals surface area contributed by atoms with Crippen molar-refractivity contribution in [1.29, 1.82) is 0 Å². The minimum absolute atomic E-state index is 0.0196. The Labute approximate surface area is 147 Å². The van der Waals surface area contributed by atoms with E-state index in [1.807, 2.05) is 36.4 Å². The SMILES string of the molecule is C=CCc1ccccc1OC[C@@H](O)CN1C(=O)[C@H]2CC=CC[C@H]2C1=O. The Kier molecular flexibility index (Phi) is 5.34. The monoisotopic (exact) mass is 341 g/mol. The van der Waals surface area contributed by atoms with Crippen LogP contribution in [0.1, 0.15) is 18.4 Å². The second kappa shape index (κ2) is 7.66. The van der Waals surface area contributed by atoms with Crippen molar-refractivity contribution in [2.24, 2.45) is 11.8 Å². The number of hydrogen-bond donors (Lipinski definition) is 1. The molecule has 0 aromatic heterocycles. The van der Waals surface area contributed by atoms with Crippen LogP contribution in [-0.2, 0) is 16.0 Å². The van der Waals surface area contributed by atoms with Gasteiger partial charge in [0.2, 0.25) is 11.8 Å². The van der Waals surface area contributed by atoms with Gasteiger partial charge < -0.3 is 9.84 Å². The number of para-hydroxylation sites is 1. The standard InChI is InChI=1S/C20H23NO4/c1-2-7-14-8-3-6-11-18(14)25-13-15(22)12-21-19(23)16-9-4-5-10-17(16)20(21)24/h2-6,8,11,15-17,22H,1,7,9-10,12-13H2/t15-,16-,17+/m0/s1. The third kappa shape index (κ3) is 3.66. The minimum Gasteiger partial charge on any atom is -0.491 e. The lowest BCUT2D eigenvalue weighted by atomic mass is 9.85. The van der Waals surface area contributed by atoms with E-state index in [1.54, 1.807) is 6.08 Å². The van der Waals surface area contributed by atoms with Crippen LogP contribution in [-0.4, -0.2) is 41.1 Å². The van der Waals surface area contributed by atoms with Crippen molar-refractivity contribution in [3.8, 4) is 5.75 Å². The van der Waals surface area contributed by atoms with Crippen molar-refractivity contribution in [2.45, 2.75) is 25.4 Å². The van der Waals surface area contributed by atoms with Crippen LogP contribution < -0.4 is 4.74 Å². The lowest BCUT2D eigenvalue weighted by molar-refractivity contribution is -0.141. The molecule has 1 fully saturated rings. The van der Waals surface area contributed by atoms with Crippen LogP contribution >= 0.6 is 0 Å². The topological polar surface area (TPSA) is 66.8 Å². The lowest BCUT2D eigenvalue weighted by Crippen LogP contribution is -2.40. The van der Waals surface area contributed by atoms with Crippen LogP contribution in [0.4, 0.5) is 0 Å². The number of hydrogen-bond acceptors (Lipinski definition) is 4. The highest BCUT2D eigenvalue weighted by Crippen LogP contribution is 2.35. The van der Waals surface area contributed by atoms with E-state index in [0.29, 0.717) is 25.0 Å². The molecule has 2 amide bonds. The maximum atomic E-state index is 12.4. The van der Waals surface area contributed by atoms with Crippen molar-refractivity contribution >= 4 is 11.8 Å². The molecule has 1 aliphatic carbocycles. The first-order valence-electron chi connectivity index (χ1n) is 8.61. The summed E-state index contributed by atoms with van der Waals surface area (Å²) in [6.45, 7) is 3.73. The van der Waals surface area contributed by atoms with Crippen LogP contribution in [0, 0.1) is 11.8 Å². The minimum atomic E-state index is -0.919. The highest BCUT2D eigenvalue weighted by molar-refractivity contribution is 6.05. The molecule has 1 saturated heterocycles. The number of benzene rings is 1. The Balaban J connectivity index is 1.58. The molecule has 2 aliphatic rings. The Morgan fingerprint density at radius 3 is 2.48 bits per heavy atom. The number of amides is 2. The smallest absolute Gasteiger partial charge is 0.233 e. The normalized spacial score (nSPS) is 23.5. The summed E-state index contributed by atoms with van der Waals surface area (Å²) in [5.41, 5.74) is 0.982. The number of fused-ring (bicyclic) bond motifs is 1. The van der Waals surface area contributed by atoms with E-state index in [2.05, 4.69) is 6.58 Å². The van der Waals surface area contributed by atoms with E-state index >= 15 is 0 Å². The molecule has 3 atom stereocenters. The van der Waals surface area contributed by atoms with Crippen molar-refractivity contribution < 1.29 is 19.4 Å². The van der Waals surface area contributed by atoms with Gasteiger partial charge in [0.05, 0.1) is 18.4 Å². The predicted octanol–water partition coefficient (Wildman–Crippen LogP) is 2.11. The molecule has 0 saturated carbocycles. The van der Waals surface area contributed by atoms with Gasteiger partial charge in [-0.2, -0.15) is 0 Å². The summed E-state index contributed by atoms with van der Waals surface area (Å²) in [7, 11) is 0. The number of rotatable bonds is 7. The van der Waals surface area contributed by atoms with Gasteiger partial charge in [0.15, 0.2) is 0 Å². The number of aliphatic hydroxyl groups is 1. The summed E-state index contributed by atoms with van der Waals surface area (Å²) < 4.78 is 5.69. The zero-order chi connectivity index (χ0) is 17.8. The number of carbonyl (C=O) groups is 2. The summed E-state index contributed by atoms with van der Waals surface area (Å²) in [5.74, 6) is -0.202. The van der Waals surface area contributed by atoms with Gasteiger partial charge in [-0.15, -0.1) is 6.58 Å². The summed E-state index contributed by atoms with van der Waals surface area (Å²) >= 11 is 0. The van der Waals surface area contributed by atoms with Crippen molar-refractivity contribution in [3.05, 3.63) is 54.6 Å². The number of aliphatic hydroxyl groups excluding tert-OH is 1. The second-order valence-electron chi connectivity index (χ2n) is 6.51. The third-order valence-corrected chi connectivity index (χ3v) is 4.76. The molecule has 1 aromatic rings. The predicted molar refractivity (Wildman–Crippen MR) is 93.9 cm³/mol. The molecule has 132 valence electrons. The molecule has 5 heteroatoms. The summed E-state index contributed by atoms with van der Waals surface area (Å²) in [4.78, 5) is 26.0. The highest BCUT2D eigenvalue weighted by Gasteiger charge is 2.47. The maximum absolute atomic E-state index is 12.4. The zero-order valence-corrected chi connectivity index (χ0v) is 14.1. The van der Waals surface area contributed by atoms with Gasteiger partial charge in [-0.05, 0) is 30.9 Å². The molecule has 0 unspecified atom stereocenters. The van der Waals surface area contributed by atoms with Crippen molar-refractivity contribution in [3.63, 3.8) is 0 Å². The quantitative estimate of drug-likeness (QED) is 0.609. The number of carbonyl (C=O) groups excluding carboxylic acids is 2. The van der Waals surface area contributed by atoms with E-state index in [9.17, 15) is 14.7 Å². The van der Waals surface area contributed by atoms with Gasteiger partial charge in [0.1, 0.15) is 18.5 Å². The lowest BCUT2D eigenvalue weighted by Gasteiger charge is -2.20. The van der Waals surface area contributed by atoms with Crippen LogP contribution in [0.15, 0.2) is 49.1 Å². The molecule has 1 heterocycles. The molecule has 1 aliphatic heterocycles. The Hall–Kier alpha value is -2.40. The fourth-order valence-corrected chi connectivity index (χ4v) is 3.47. The van der Waals surface area contributed by atoms with E-state index in [4.69, 9.17) is 4.74 Å². The Morgan fingerprint density at radius 2 is 1.84 bits per heavy atom. The molecule has 1 N–H and O–H groups in total. The summed E-state index contributed by atoms with van der Waals surface area (Å²) in [6, 6.07) is 7.55. The van der Waals surface area contributed by atoms with Crippen LogP contribution in [0.5, 0.6) is 5.75 Å². The van der Waals surface area contributed by atoms with Gasteiger partial charge in [0.25, 0.3) is 0 Å². The maximum Gasteiger partial charge on any atom is 0.233 e. The van der Waals surface area contributed by atoms with Gasteiger partial charge in [-0.1, -0.05) is 36.4 Å². The number of allylic oxidation sites excluding steroid dienone is 3. The molecule has 0 bridgehead atoms. The van der Waals surface area contributed by atoms with E-state index in [-0.39, 0.29) is 36.8 Å². The molecular weight excluding hydrogens is 318 g/mol. The number of nitrogens with zero attached hydrogens (tertiary/aromatic N) is 1. The molecule has 3 rings (SSSR count). The van der Waals surface area contributed by atoms with E-state index in [1.165, 1.54) is 4.90 Å². The number of likely N-dealkylation sites (tertiary alicyclic amines) is 1. The first-order valence-corrected chi connectivity index (χ1v) is 8.61. The van der Waals surface area contributed by atoms with E-state index in [0.717, 1.165) is 5.56 Å². The zero-order valence-electron chi connectivity index (χ0n) is 14.1. The molecule has 5 nitrogen and oxygen atoms in total. The van der Waals surface area contributed by atoms with Gasteiger partial charge in [-0.25, -0.2) is 0 Å². The van der Waals surface area contributed by atoms with Crippen molar-refractivity contribution in [1.82, 2.24) is 4.90 Å². The first kappa shape index (κ1) is 17.4. The van der Waals surface area contributed by atoms with Gasteiger partial charge in [0, 0.05) is 0 Å². The highest BCUT2D eigenvalue weighted by atomic mass is 16.5. The van der Waals surface area contributed by atoms with Gasteiger partial charge >= 0.3 is 0 Å². The molecule has 0 spiro atoms. The largest absolute Gasteiger partial charge is 0.491 e. The fraction of sp³-hybridized carbons (Fsp3) is 0.400. The molecule has 1 aromatic carbocycles. The fourth-order valence-electron chi connectivity index (χ4n) is 3.47.